The molecule has 1 heterocycles. The molecule has 0 atom stereocenters. The van der Waals surface area contributed by atoms with Crippen LogP contribution in [0.1, 0.15) is 30.9 Å². The van der Waals surface area contributed by atoms with Gasteiger partial charge in [-0.05, 0) is 63.5 Å². The van der Waals surface area contributed by atoms with Gasteiger partial charge < -0.3 is 15.5 Å². The van der Waals surface area contributed by atoms with E-state index < -0.39 is 11.7 Å². The number of nitrogens with one attached hydrogen (secondary N) is 2. The first-order chi connectivity index (χ1) is 11.9. The van der Waals surface area contributed by atoms with Gasteiger partial charge in [0, 0.05) is 13.1 Å². The number of rotatable bonds is 5. The molecule has 0 saturated carbocycles. The van der Waals surface area contributed by atoms with E-state index in [0.717, 1.165) is 43.9 Å². The Morgan fingerprint density at radius 1 is 1.16 bits per heavy atom. The number of benzene rings is 1. The van der Waals surface area contributed by atoms with Crippen LogP contribution in [-0.2, 0) is 12.7 Å². The normalized spacial score (nSPS) is 17.6. The third kappa shape index (κ3) is 6.57. The molecule has 7 heteroatoms. The number of nitrogens with zero attached hydrogens (tertiary/aromatic N) is 2. The van der Waals surface area contributed by atoms with Crippen molar-refractivity contribution in [3.8, 4) is 0 Å². The molecule has 0 bridgehead atoms. The average Bonchev–Trinajstić information content (AvgIpc) is 2.58. The van der Waals surface area contributed by atoms with Crippen LogP contribution in [0.25, 0.3) is 0 Å². The molecular weight excluding hydrogens is 329 g/mol. The molecule has 140 valence electrons. The second kappa shape index (κ2) is 9.08. The van der Waals surface area contributed by atoms with Crippen LogP contribution in [0, 0.1) is 5.92 Å². The van der Waals surface area contributed by atoms with Crippen molar-refractivity contribution in [2.24, 2.45) is 10.9 Å². The van der Waals surface area contributed by atoms with E-state index in [2.05, 4.69) is 27.6 Å². The van der Waals surface area contributed by atoms with E-state index in [1.54, 1.807) is 0 Å². The summed E-state index contributed by atoms with van der Waals surface area (Å²) in [5.41, 5.74) is 0.122. The van der Waals surface area contributed by atoms with Crippen LogP contribution in [0.5, 0.6) is 0 Å². The Bertz CT molecular complexity index is 546. The molecule has 2 rings (SSSR count). The number of likely N-dealkylation sites (tertiary alicyclic amines) is 1. The van der Waals surface area contributed by atoms with E-state index in [4.69, 9.17) is 0 Å². The molecule has 1 aromatic rings. The van der Waals surface area contributed by atoms with Gasteiger partial charge in [0.05, 0.1) is 12.1 Å². The van der Waals surface area contributed by atoms with Crippen LogP contribution >= 0.6 is 0 Å². The highest BCUT2D eigenvalue weighted by molar-refractivity contribution is 5.79. The van der Waals surface area contributed by atoms with E-state index in [9.17, 15) is 13.2 Å². The highest BCUT2D eigenvalue weighted by atomic mass is 19.4. The summed E-state index contributed by atoms with van der Waals surface area (Å²) >= 11 is 0. The van der Waals surface area contributed by atoms with Crippen LogP contribution in [0.15, 0.2) is 29.3 Å². The largest absolute Gasteiger partial charge is 0.416 e. The third-order valence-electron chi connectivity index (χ3n) is 4.44. The molecule has 4 nitrogen and oxygen atoms in total. The lowest BCUT2D eigenvalue weighted by Gasteiger charge is -2.29. The maximum atomic E-state index is 12.6. The topological polar surface area (TPSA) is 39.7 Å². The van der Waals surface area contributed by atoms with Gasteiger partial charge in [0.25, 0.3) is 0 Å². The van der Waals surface area contributed by atoms with Crippen molar-refractivity contribution in [2.75, 3.05) is 33.2 Å². The summed E-state index contributed by atoms with van der Waals surface area (Å²) in [7, 11) is 2.14. The molecule has 0 aliphatic carbocycles. The molecule has 2 N–H and O–H groups in total. The number of halogens is 3. The first kappa shape index (κ1) is 19.6. The fourth-order valence-electron chi connectivity index (χ4n) is 2.82. The molecule has 0 radical (unpaired) electrons. The highest BCUT2D eigenvalue weighted by Gasteiger charge is 2.29. The first-order valence-corrected chi connectivity index (χ1v) is 8.75. The zero-order valence-electron chi connectivity index (χ0n) is 14.9. The zero-order valence-corrected chi connectivity index (χ0v) is 14.9. The van der Waals surface area contributed by atoms with Crippen LogP contribution in [0.4, 0.5) is 13.2 Å². The number of hydrogen-bond donors (Lipinski definition) is 2. The SMILES string of the molecule is CCNC(=NCc1ccc(C(F)(F)F)cc1)NCC1CCN(C)CC1. The second-order valence-corrected chi connectivity index (χ2v) is 6.52. The standard InChI is InChI=1S/C18H27F3N4/c1-3-22-17(24-13-15-8-10-25(2)11-9-15)23-12-14-4-6-16(7-5-14)18(19,20)21/h4-7,15H,3,8-13H2,1-2H3,(H2,22,23,24). The van der Waals surface area contributed by atoms with Gasteiger partial charge in [-0.25, -0.2) is 4.99 Å². The minimum Gasteiger partial charge on any atom is -0.357 e. The van der Waals surface area contributed by atoms with Crippen LogP contribution < -0.4 is 10.6 Å². The molecule has 1 saturated heterocycles. The monoisotopic (exact) mass is 356 g/mol. The maximum Gasteiger partial charge on any atom is 0.416 e. The lowest BCUT2D eigenvalue weighted by atomic mass is 9.97. The van der Waals surface area contributed by atoms with Gasteiger partial charge in [-0.2, -0.15) is 13.2 Å². The van der Waals surface area contributed by atoms with Crippen molar-refractivity contribution >= 4 is 5.96 Å². The Morgan fingerprint density at radius 3 is 2.36 bits per heavy atom. The van der Waals surface area contributed by atoms with Gasteiger partial charge in [-0.1, -0.05) is 12.1 Å². The van der Waals surface area contributed by atoms with Crippen LogP contribution in [0.3, 0.4) is 0 Å². The Hall–Kier alpha value is -1.76. The van der Waals surface area contributed by atoms with E-state index in [0.29, 0.717) is 18.4 Å². The fraction of sp³-hybridized carbons (Fsp3) is 0.611. The molecular formula is C18H27F3N4. The molecule has 0 unspecified atom stereocenters. The maximum absolute atomic E-state index is 12.6. The number of guanidine groups is 1. The molecule has 1 aliphatic heterocycles. The molecule has 0 amide bonds. The van der Waals surface area contributed by atoms with Gasteiger partial charge in [-0.3, -0.25) is 0 Å². The molecule has 0 aromatic heterocycles. The smallest absolute Gasteiger partial charge is 0.357 e. The van der Waals surface area contributed by atoms with E-state index in [1.165, 1.54) is 25.0 Å². The fourth-order valence-corrected chi connectivity index (χ4v) is 2.82. The lowest BCUT2D eigenvalue weighted by molar-refractivity contribution is -0.137. The van der Waals surface area contributed by atoms with Crippen molar-refractivity contribution in [3.63, 3.8) is 0 Å². The number of piperidine rings is 1. The Morgan fingerprint density at radius 2 is 1.80 bits per heavy atom. The third-order valence-corrected chi connectivity index (χ3v) is 4.44. The van der Waals surface area contributed by atoms with Gasteiger partial charge in [0.1, 0.15) is 0 Å². The lowest BCUT2D eigenvalue weighted by Crippen LogP contribution is -2.42. The number of hydrogen-bond acceptors (Lipinski definition) is 2. The first-order valence-electron chi connectivity index (χ1n) is 8.75. The Balaban J connectivity index is 1.88. The predicted octanol–water partition coefficient (Wildman–Crippen LogP) is 3.10. The van der Waals surface area contributed by atoms with Crippen molar-refractivity contribution in [2.45, 2.75) is 32.5 Å². The molecule has 25 heavy (non-hydrogen) atoms. The summed E-state index contributed by atoms with van der Waals surface area (Å²) < 4.78 is 37.8. The number of alkyl halides is 3. The summed E-state index contributed by atoms with van der Waals surface area (Å²) in [6.45, 7) is 6.18. The highest BCUT2D eigenvalue weighted by Crippen LogP contribution is 2.29. The van der Waals surface area contributed by atoms with Gasteiger partial charge in [0.15, 0.2) is 5.96 Å². The summed E-state index contributed by atoms with van der Waals surface area (Å²) in [5.74, 6) is 1.34. The van der Waals surface area contributed by atoms with Gasteiger partial charge in [-0.15, -0.1) is 0 Å². The zero-order chi connectivity index (χ0) is 18.3. The van der Waals surface area contributed by atoms with E-state index in [1.807, 2.05) is 6.92 Å². The van der Waals surface area contributed by atoms with Crippen LogP contribution in [0.2, 0.25) is 0 Å². The van der Waals surface area contributed by atoms with Gasteiger partial charge in [0.2, 0.25) is 0 Å². The molecule has 1 aromatic carbocycles. The summed E-state index contributed by atoms with van der Waals surface area (Å²) in [6.07, 6.45) is -1.96. The molecule has 1 aliphatic rings. The van der Waals surface area contributed by atoms with Crippen LogP contribution in [-0.4, -0.2) is 44.1 Å². The van der Waals surface area contributed by atoms with E-state index >= 15 is 0 Å². The molecule has 1 fully saturated rings. The Kier molecular flexibility index (Phi) is 7.11. The quantitative estimate of drug-likeness (QED) is 0.629. The van der Waals surface area contributed by atoms with Crippen molar-refractivity contribution < 1.29 is 13.2 Å². The van der Waals surface area contributed by atoms with Crippen molar-refractivity contribution in [1.29, 1.82) is 0 Å². The summed E-state index contributed by atoms with van der Waals surface area (Å²) in [5, 5.41) is 6.54. The Labute approximate surface area is 147 Å². The van der Waals surface area contributed by atoms with Crippen molar-refractivity contribution in [1.82, 2.24) is 15.5 Å². The average molecular weight is 356 g/mol. The summed E-state index contributed by atoms with van der Waals surface area (Å²) in [4.78, 5) is 6.81. The minimum atomic E-state index is -4.30. The summed E-state index contributed by atoms with van der Waals surface area (Å²) in [6, 6.07) is 5.16. The van der Waals surface area contributed by atoms with Gasteiger partial charge >= 0.3 is 6.18 Å². The minimum absolute atomic E-state index is 0.348. The number of aliphatic imine (C=N–C) groups is 1. The van der Waals surface area contributed by atoms with E-state index in [-0.39, 0.29) is 0 Å². The van der Waals surface area contributed by atoms with Crippen molar-refractivity contribution in [3.05, 3.63) is 35.4 Å². The molecule has 0 spiro atoms. The predicted molar refractivity (Wildman–Crippen MR) is 94.5 cm³/mol. The second-order valence-electron chi connectivity index (χ2n) is 6.52.